The second-order valence-corrected chi connectivity index (χ2v) is 6.82. The first kappa shape index (κ1) is 13.9. The van der Waals surface area contributed by atoms with Gasteiger partial charge in [0.15, 0.2) is 0 Å². The topological polar surface area (TPSA) is 17.1 Å². The molecule has 14 heavy (non-hydrogen) atoms. The predicted molar refractivity (Wildman–Crippen MR) is 65.7 cm³/mol. The van der Waals surface area contributed by atoms with Gasteiger partial charge in [-0.3, -0.25) is 4.21 Å². The van der Waals surface area contributed by atoms with Gasteiger partial charge in [-0.2, -0.15) is 0 Å². The van der Waals surface area contributed by atoms with E-state index in [1.54, 1.807) is 0 Å². The summed E-state index contributed by atoms with van der Waals surface area (Å²) in [5.74, 6) is 0.561. The average Bonchev–Trinajstić information content (AvgIpc) is 2.10. The molecule has 0 spiro atoms. The molecule has 0 aromatic rings. The van der Waals surface area contributed by atoms with E-state index >= 15 is 0 Å². The van der Waals surface area contributed by atoms with Crippen molar-refractivity contribution in [3.05, 3.63) is 11.0 Å². The Balaban J connectivity index is 4.69. The normalized spacial score (nSPS) is 18.0. The number of allylic oxidation sites excluding steroid dienone is 1. The van der Waals surface area contributed by atoms with Crippen LogP contribution in [0.1, 0.15) is 54.4 Å². The first-order valence-corrected chi connectivity index (χ1v) is 6.65. The monoisotopic (exact) mass is 216 g/mol. The van der Waals surface area contributed by atoms with Crippen molar-refractivity contribution in [1.29, 1.82) is 0 Å². The van der Waals surface area contributed by atoms with Gasteiger partial charge in [-0.1, -0.05) is 26.3 Å². The van der Waals surface area contributed by atoms with Gasteiger partial charge in [0.05, 0.1) is 10.8 Å². The third-order valence-corrected chi connectivity index (χ3v) is 4.24. The molecule has 0 aromatic carbocycles. The molecule has 0 rings (SSSR count). The quantitative estimate of drug-likeness (QED) is 0.697. The molecule has 0 aliphatic rings. The third-order valence-electron chi connectivity index (χ3n) is 2.52. The zero-order valence-electron chi connectivity index (χ0n) is 10.4. The Bertz CT molecular complexity index is 223. The lowest BCUT2D eigenvalue weighted by Crippen LogP contribution is -2.20. The van der Waals surface area contributed by atoms with Crippen LogP contribution in [0.25, 0.3) is 0 Å². The fourth-order valence-electron chi connectivity index (χ4n) is 1.12. The molecule has 0 fully saturated rings. The van der Waals surface area contributed by atoms with Crippen molar-refractivity contribution in [2.75, 3.05) is 0 Å². The summed E-state index contributed by atoms with van der Waals surface area (Å²) in [5.41, 5.74) is 1.33. The molecule has 0 radical (unpaired) electrons. The maximum Gasteiger partial charge on any atom is 0.0509 e. The van der Waals surface area contributed by atoms with Gasteiger partial charge >= 0.3 is 0 Å². The summed E-state index contributed by atoms with van der Waals surface area (Å²) >= 11 is 0. The minimum Gasteiger partial charge on any atom is -0.254 e. The fourth-order valence-corrected chi connectivity index (χ4v) is 2.15. The first-order chi connectivity index (χ1) is 6.32. The van der Waals surface area contributed by atoms with Crippen LogP contribution in [0, 0.1) is 5.92 Å². The molecule has 0 N–H and O–H groups in total. The molecule has 2 unspecified atom stereocenters. The van der Waals surface area contributed by atoms with Crippen LogP contribution in [0.3, 0.4) is 0 Å². The van der Waals surface area contributed by atoms with Crippen molar-refractivity contribution in [2.24, 2.45) is 5.92 Å². The van der Waals surface area contributed by atoms with E-state index in [-0.39, 0.29) is 4.75 Å². The van der Waals surface area contributed by atoms with E-state index in [1.165, 1.54) is 5.57 Å². The summed E-state index contributed by atoms with van der Waals surface area (Å²) in [6.45, 7) is 12.6. The lowest BCUT2D eigenvalue weighted by atomic mass is 9.98. The molecule has 0 bridgehead atoms. The molecule has 0 aliphatic heterocycles. The molecule has 0 saturated carbocycles. The third kappa shape index (κ3) is 4.41. The Hall–Kier alpha value is -0.110. The summed E-state index contributed by atoms with van der Waals surface area (Å²) in [6, 6.07) is 0. The predicted octanol–water partition coefficient (Wildman–Crippen LogP) is 3.87. The Labute approximate surface area is 91.4 Å². The van der Waals surface area contributed by atoms with Crippen LogP contribution in [0.5, 0.6) is 0 Å². The van der Waals surface area contributed by atoms with Gasteiger partial charge in [-0.05, 0) is 39.5 Å². The van der Waals surface area contributed by atoms with Crippen LogP contribution < -0.4 is 0 Å². The molecule has 0 amide bonds. The Morgan fingerprint density at radius 1 is 1.36 bits per heavy atom. The van der Waals surface area contributed by atoms with Crippen LogP contribution in [0.4, 0.5) is 0 Å². The zero-order valence-corrected chi connectivity index (χ0v) is 11.2. The lowest BCUT2D eigenvalue weighted by molar-refractivity contribution is 0.630. The lowest BCUT2D eigenvalue weighted by Gasteiger charge is -2.18. The molecule has 0 aliphatic carbocycles. The van der Waals surface area contributed by atoms with Gasteiger partial charge in [0.25, 0.3) is 0 Å². The average molecular weight is 216 g/mol. The van der Waals surface area contributed by atoms with Crippen molar-refractivity contribution in [3.63, 3.8) is 0 Å². The molecule has 84 valence electrons. The SMILES string of the molecule is CC/C(=C/S(=O)C(C)(C)C)C(C)CC. The van der Waals surface area contributed by atoms with E-state index in [9.17, 15) is 4.21 Å². The Morgan fingerprint density at radius 3 is 2.14 bits per heavy atom. The minimum atomic E-state index is -0.851. The summed E-state index contributed by atoms with van der Waals surface area (Å²) < 4.78 is 11.8. The molecule has 0 saturated heterocycles. The summed E-state index contributed by atoms with van der Waals surface area (Å²) in [7, 11) is -0.851. The van der Waals surface area contributed by atoms with Gasteiger partial charge < -0.3 is 0 Å². The number of hydrogen-bond acceptors (Lipinski definition) is 1. The summed E-state index contributed by atoms with van der Waals surface area (Å²) in [5, 5.41) is 1.97. The highest BCUT2D eigenvalue weighted by Crippen LogP contribution is 2.21. The Morgan fingerprint density at radius 2 is 1.86 bits per heavy atom. The molecule has 2 heteroatoms. The maximum absolute atomic E-state index is 11.9. The molecule has 0 heterocycles. The second kappa shape index (κ2) is 5.69. The van der Waals surface area contributed by atoms with E-state index in [0.29, 0.717) is 5.92 Å². The van der Waals surface area contributed by atoms with Crippen LogP contribution in [0.2, 0.25) is 0 Å². The van der Waals surface area contributed by atoms with Crippen molar-refractivity contribution in [2.45, 2.75) is 59.1 Å². The standard InChI is InChI=1S/C12H24OS/c1-7-10(3)11(8-2)9-14(13)12(4,5)6/h9-10H,7-8H2,1-6H3/b11-9-. The smallest absolute Gasteiger partial charge is 0.0509 e. The van der Waals surface area contributed by atoms with Crippen LogP contribution in [-0.4, -0.2) is 8.96 Å². The number of rotatable bonds is 4. The van der Waals surface area contributed by atoms with Gasteiger partial charge in [-0.25, -0.2) is 0 Å². The van der Waals surface area contributed by atoms with E-state index in [1.807, 2.05) is 26.2 Å². The highest BCUT2D eigenvalue weighted by Gasteiger charge is 2.18. The summed E-state index contributed by atoms with van der Waals surface area (Å²) in [4.78, 5) is 0. The van der Waals surface area contributed by atoms with E-state index in [2.05, 4.69) is 20.8 Å². The largest absolute Gasteiger partial charge is 0.254 e. The van der Waals surface area contributed by atoms with Crippen LogP contribution >= 0.6 is 0 Å². The second-order valence-electron chi connectivity index (χ2n) is 4.77. The van der Waals surface area contributed by atoms with Gasteiger partial charge in [0.2, 0.25) is 0 Å². The Kier molecular flexibility index (Phi) is 5.65. The molecule has 1 nitrogen and oxygen atoms in total. The molecular formula is C12H24OS. The van der Waals surface area contributed by atoms with Crippen molar-refractivity contribution in [3.8, 4) is 0 Å². The van der Waals surface area contributed by atoms with Crippen molar-refractivity contribution < 1.29 is 4.21 Å². The first-order valence-electron chi connectivity index (χ1n) is 5.44. The van der Waals surface area contributed by atoms with E-state index in [0.717, 1.165) is 12.8 Å². The van der Waals surface area contributed by atoms with E-state index < -0.39 is 10.8 Å². The highest BCUT2D eigenvalue weighted by molar-refractivity contribution is 7.89. The minimum absolute atomic E-state index is 0.131. The molecule has 2 atom stereocenters. The van der Waals surface area contributed by atoms with Crippen LogP contribution in [-0.2, 0) is 10.8 Å². The summed E-state index contributed by atoms with van der Waals surface area (Å²) in [6.07, 6.45) is 2.14. The number of hydrogen-bond donors (Lipinski definition) is 0. The highest BCUT2D eigenvalue weighted by atomic mass is 32.2. The van der Waals surface area contributed by atoms with Gasteiger partial charge in [0, 0.05) is 10.2 Å². The molecule has 0 aromatic heterocycles. The van der Waals surface area contributed by atoms with Crippen molar-refractivity contribution in [1.82, 2.24) is 0 Å². The van der Waals surface area contributed by atoms with Gasteiger partial charge in [0.1, 0.15) is 0 Å². The fraction of sp³-hybridized carbons (Fsp3) is 0.833. The molecular weight excluding hydrogens is 192 g/mol. The van der Waals surface area contributed by atoms with E-state index in [4.69, 9.17) is 0 Å². The maximum atomic E-state index is 11.9. The van der Waals surface area contributed by atoms with Crippen LogP contribution in [0.15, 0.2) is 11.0 Å². The zero-order chi connectivity index (χ0) is 11.4. The van der Waals surface area contributed by atoms with Crippen molar-refractivity contribution >= 4 is 10.8 Å². The van der Waals surface area contributed by atoms with Gasteiger partial charge in [-0.15, -0.1) is 0 Å².